The van der Waals surface area contributed by atoms with E-state index in [2.05, 4.69) is 5.32 Å². The smallest absolute Gasteiger partial charge is 0.258 e. The number of carbonyl (C=O) groups excluding carboxylic acids is 1. The average molecular weight is 333 g/mol. The Hall–Kier alpha value is -2.76. The topological polar surface area (TPSA) is 56.8 Å². The number of carbonyl (C=O) groups is 1. The molecule has 2 aromatic carbocycles. The van der Waals surface area contributed by atoms with Crippen molar-refractivity contribution in [3.8, 4) is 17.2 Å². The highest BCUT2D eigenvalue weighted by Crippen LogP contribution is 2.25. The zero-order chi connectivity index (χ0) is 17.5. The average Bonchev–Trinajstić information content (AvgIpc) is 2.60. The van der Waals surface area contributed by atoms with E-state index in [9.17, 15) is 9.18 Å². The van der Waals surface area contributed by atoms with Crippen molar-refractivity contribution < 1.29 is 23.4 Å². The molecule has 0 radical (unpaired) electrons. The number of halogens is 1. The molecular formula is C18H20FNO4. The standard InChI is InChI=1S/C18H20FNO4/c1-12(13-8-9-15(22-2)14(19)10-13)20-18(21)11-24-17-7-5-4-6-16(17)23-3/h4-10,12H,11H2,1-3H3,(H,20,21)/t12-/m1/s1. The molecule has 6 heteroatoms. The molecule has 0 aromatic heterocycles. The zero-order valence-corrected chi connectivity index (χ0v) is 13.8. The minimum Gasteiger partial charge on any atom is -0.494 e. The van der Waals surface area contributed by atoms with E-state index in [-0.39, 0.29) is 24.3 Å². The summed E-state index contributed by atoms with van der Waals surface area (Å²) < 4.78 is 29.2. The predicted molar refractivity (Wildman–Crippen MR) is 88.0 cm³/mol. The van der Waals surface area contributed by atoms with Crippen LogP contribution >= 0.6 is 0 Å². The van der Waals surface area contributed by atoms with E-state index in [0.29, 0.717) is 17.1 Å². The van der Waals surface area contributed by atoms with E-state index in [1.165, 1.54) is 26.4 Å². The molecule has 1 atom stereocenters. The summed E-state index contributed by atoms with van der Waals surface area (Å²) in [6, 6.07) is 11.3. The molecular weight excluding hydrogens is 313 g/mol. The van der Waals surface area contributed by atoms with Crippen molar-refractivity contribution in [3.05, 3.63) is 53.8 Å². The molecule has 24 heavy (non-hydrogen) atoms. The molecule has 0 aliphatic heterocycles. The van der Waals surface area contributed by atoms with E-state index in [0.717, 1.165) is 0 Å². The molecule has 0 bridgehead atoms. The van der Waals surface area contributed by atoms with Gasteiger partial charge in [0, 0.05) is 0 Å². The van der Waals surface area contributed by atoms with Crippen LogP contribution in [0.2, 0.25) is 0 Å². The number of hydrogen-bond donors (Lipinski definition) is 1. The summed E-state index contributed by atoms with van der Waals surface area (Å²) in [7, 11) is 2.93. The summed E-state index contributed by atoms with van der Waals surface area (Å²) in [6.45, 7) is 1.60. The molecule has 0 aliphatic carbocycles. The number of hydrogen-bond acceptors (Lipinski definition) is 4. The van der Waals surface area contributed by atoms with Crippen LogP contribution in [-0.4, -0.2) is 26.7 Å². The second kappa shape index (κ2) is 8.19. The third kappa shape index (κ3) is 4.38. The lowest BCUT2D eigenvalue weighted by Crippen LogP contribution is -2.31. The van der Waals surface area contributed by atoms with E-state index in [4.69, 9.17) is 14.2 Å². The van der Waals surface area contributed by atoms with Gasteiger partial charge in [-0.2, -0.15) is 0 Å². The summed E-state index contributed by atoms with van der Waals surface area (Å²) in [4.78, 5) is 12.0. The van der Waals surface area contributed by atoms with Gasteiger partial charge in [-0.15, -0.1) is 0 Å². The molecule has 0 heterocycles. The van der Waals surface area contributed by atoms with Crippen LogP contribution < -0.4 is 19.5 Å². The molecule has 0 fully saturated rings. The van der Waals surface area contributed by atoms with Crippen LogP contribution in [0.4, 0.5) is 4.39 Å². The molecule has 0 saturated carbocycles. The Kier molecular flexibility index (Phi) is 6.01. The lowest BCUT2D eigenvalue weighted by molar-refractivity contribution is -0.123. The highest BCUT2D eigenvalue weighted by atomic mass is 19.1. The first-order valence-corrected chi connectivity index (χ1v) is 7.43. The number of benzene rings is 2. The fourth-order valence-electron chi connectivity index (χ4n) is 2.20. The monoisotopic (exact) mass is 333 g/mol. The van der Waals surface area contributed by atoms with Crippen molar-refractivity contribution in [2.45, 2.75) is 13.0 Å². The van der Waals surface area contributed by atoms with E-state index < -0.39 is 5.82 Å². The van der Waals surface area contributed by atoms with Gasteiger partial charge >= 0.3 is 0 Å². The van der Waals surface area contributed by atoms with E-state index in [1.807, 2.05) is 6.07 Å². The van der Waals surface area contributed by atoms with Gasteiger partial charge in [-0.3, -0.25) is 4.79 Å². The Labute approximate surface area is 140 Å². The Bertz CT molecular complexity index is 705. The van der Waals surface area contributed by atoms with Gasteiger partial charge < -0.3 is 19.5 Å². The first-order valence-electron chi connectivity index (χ1n) is 7.43. The second-order valence-corrected chi connectivity index (χ2v) is 5.12. The highest BCUT2D eigenvalue weighted by Gasteiger charge is 2.13. The van der Waals surface area contributed by atoms with Gasteiger partial charge in [-0.1, -0.05) is 18.2 Å². The van der Waals surface area contributed by atoms with Crippen molar-refractivity contribution in [2.75, 3.05) is 20.8 Å². The first kappa shape index (κ1) is 17.6. The molecule has 0 spiro atoms. The molecule has 2 rings (SSSR count). The summed E-state index contributed by atoms with van der Waals surface area (Å²) in [5, 5.41) is 2.76. The maximum absolute atomic E-state index is 13.7. The molecule has 1 amide bonds. The molecule has 1 N–H and O–H groups in total. The Morgan fingerprint density at radius 1 is 1.08 bits per heavy atom. The summed E-state index contributed by atoms with van der Waals surface area (Å²) in [6.07, 6.45) is 0. The number of methoxy groups -OCH3 is 2. The van der Waals surface area contributed by atoms with Gasteiger partial charge in [-0.05, 0) is 36.8 Å². The van der Waals surface area contributed by atoms with Crippen LogP contribution in [0.1, 0.15) is 18.5 Å². The van der Waals surface area contributed by atoms with Gasteiger partial charge in [0.15, 0.2) is 29.7 Å². The SMILES string of the molecule is COc1ccc([C@@H](C)NC(=O)COc2ccccc2OC)cc1F. The lowest BCUT2D eigenvalue weighted by atomic mass is 10.1. The normalized spacial score (nSPS) is 11.5. The van der Waals surface area contributed by atoms with Crippen molar-refractivity contribution in [1.29, 1.82) is 0 Å². The van der Waals surface area contributed by atoms with Gasteiger partial charge in [0.25, 0.3) is 5.91 Å². The Morgan fingerprint density at radius 3 is 2.38 bits per heavy atom. The molecule has 0 saturated heterocycles. The molecule has 128 valence electrons. The van der Waals surface area contributed by atoms with Crippen LogP contribution in [0.25, 0.3) is 0 Å². The predicted octanol–water partition coefficient (Wildman–Crippen LogP) is 3.10. The van der Waals surface area contributed by atoms with Crippen molar-refractivity contribution in [2.24, 2.45) is 0 Å². The highest BCUT2D eigenvalue weighted by molar-refractivity contribution is 5.78. The number of ether oxygens (including phenoxy) is 3. The minimum atomic E-state index is -0.471. The Morgan fingerprint density at radius 2 is 1.75 bits per heavy atom. The molecule has 2 aromatic rings. The summed E-state index contributed by atoms with van der Waals surface area (Å²) in [5.41, 5.74) is 0.638. The molecule has 5 nitrogen and oxygen atoms in total. The van der Waals surface area contributed by atoms with Crippen LogP contribution in [-0.2, 0) is 4.79 Å². The van der Waals surface area contributed by atoms with Gasteiger partial charge in [0.1, 0.15) is 0 Å². The van der Waals surface area contributed by atoms with E-state index >= 15 is 0 Å². The number of nitrogens with one attached hydrogen (secondary N) is 1. The molecule has 0 unspecified atom stereocenters. The quantitative estimate of drug-likeness (QED) is 0.846. The minimum absolute atomic E-state index is 0.163. The van der Waals surface area contributed by atoms with Crippen LogP contribution in [0.3, 0.4) is 0 Å². The van der Waals surface area contributed by atoms with Gasteiger partial charge in [0.2, 0.25) is 0 Å². The van der Waals surface area contributed by atoms with Crippen LogP contribution in [0, 0.1) is 5.82 Å². The third-order valence-corrected chi connectivity index (χ3v) is 3.48. The van der Waals surface area contributed by atoms with Crippen molar-refractivity contribution in [3.63, 3.8) is 0 Å². The first-order chi connectivity index (χ1) is 11.5. The second-order valence-electron chi connectivity index (χ2n) is 5.12. The number of rotatable bonds is 7. The lowest BCUT2D eigenvalue weighted by Gasteiger charge is -2.16. The third-order valence-electron chi connectivity index (χ3n) is 3.48. The van der Waals surface area contributed by atoms with Gasteiger partial charge in [0.05, 0.1) is 20.3 Å². The van der Waals surface area contributed by atoms with Gasteiger partial charge in [-0.25, -0.2) is 4.39 Å². The van der Waals surface area contributed by atoms with Crippen molar-refractivity contribution >= 4 is 5.91 Å². The van der Waals surface area contributed by atoms with Crippen molar-refractivity contribution in [1.82, 2.24) is 5.32 Å². The summed E-state index contributed by atoms with van der Waals surface area (Å²) >= 11 is 0. The number of para-hydroxylation sites is 2. The maximum Gasteiger partial charge on any atom is 0.258 e. The molecule has 0 aliphatic rings. The maximum atomic E-state index is 13.7. The number of amides is 1. The Balaban J connectivity index is 1.93. The largest absolute Gasteiger partial charge is 0.494 e. The van der Waals surface area contributed by atoms with Crippen LogP contribution in [0.5, 0.6) is 17.2 Å². The zero-order valence-electron chi connectivity index (χ0n) is 13.8. The van der Waals surface area contributed by atoms with E-state index in [1.54, 1.807) is 31.2 Å². The fourth-order valence-corrected chi connectivity index (χ4v) is 2.20. The van der Waals surface area contributed by atoms with Crippen LogP contribution in [0.15, 0.2) is 42.5 Å². The summed E-state index contributed by atoms with van der Waals surface area (Å²) in [5.74, 6) is 0.414. The fraction of sp³-hybridized carbons (Fsp3) is 0.278.